The topological polar surface area (TPSA) is 38.0 Å². The van der Waals surface area contributed by atoms with Gasteiger partial charge in [-0.2, -0.15) is 5.10 Å². The summed E-state index contributed by atoms with van der Waals surface area (Å²) in [7, 11) is 0. The van der Waals surface area contributed by atoms with Gasteiger partial charge in [0.25, 0.3) is 0 Å². The third kappa shape index (κ3) is 1.95. The Bertz CT molecular complexity index is 476. The van der Waals surface area contributed by atoms with Gasteiger partial charge in [0, 0.05) is 18.5 Å². The van der Waals surface area contributed by atoms with E-state index in [2.05, 4.69) is 24.2 Å². The van der Waals surface area contributed by atoms with Crippen molar-refractivity contribution >= 4 is 10.9 Å². The number of aromatic nitrogens is 2. The fourth-order valence-electron chi connectivity index (χ4n) is 1.98. The Morgan fingerprint density at radius 3 is 2.81 bits per heavy atom. The largest absolute Gasteiger partial charge is 0.396 e. The van der Waals surface area contributed by atoms with Gasteiger partial charge in [-0.1, -0.05) is 25.1 Å². The summed E-state index contributed by atoms with van der Waals surface area (Å²) in [6.07, 6.45) is 0.837. The van der Waals surface area contributed by atoms with Gasteiger partial charge in [-0.25, -0.2) is 0 Å². The molecule has 1 heterocycles. The molecular formula is C13H18N2O. The van der Waals surface area contributed by atoms with Crippen molar-refractivity contribution < 1.29 is 5.11 Å². The number of benzene rings is 1. The summed E-state index contributed by atoms with van der Waals surface area (Å²) in [6, 6.07) is 8.28. The fourth-order valence-corrected chi connectivity index (χ4v) is 1.98. The number of aryl methyl sites for hydroxylation is 1. The highest BCUT2D eigenvalue weighted by Gasteiger charge is 2.11. The molecule has 0 saturated heterocycles. The van der Waals surface area contributed by atoms with Crippen LogP contribution < -0.4 is 0 Å². The van der Waals surface area contributed by atoms with E-state index in [9.17, 15) is 0 Å². The zero-order valence-electron chi connectivity index (χ0n) is 9.85. The van der Waals surface area contributed by atoms with E-state index in [1.807, 2.05) is 23.7 Å². The van der Waals surface area contributed by atoms with Gasteiger partial charge in [0.05, 0.1) is 11.2 Å². The van der Waals surface area contributed by atoms with Gasteiger partial charge in [0.1, 0.15) is 0 Å². The van der Waals surface area contributed by atoms with Crippen molar-refractivity contribution in [3.8, 4) is 0 Å². The Kier molecular flexibility index (Phi) is 3.25. The Morgan fingerprint density at radius 2 is 2.12 bits per heavy atom. The van der Waals surface area contributed by atoms with Gasteiger partial charge in [0.15, 0.2) is 0 Å². The van der Waals surface area contributed by atoms with E-state index in [0.717, 1.165) is 18.7 Å². The molecule has 1 atom stereocenters. The predicted molar refractivity (Wildman–Crippen MR) is 65.4 cm³/mol. The molecule has 3 heteroatoms. The molecule has 86 valence electrons. The van der Waals surface area contributed by atoms with Crippen LogP contribution >= 0.6 is 0 Å². The molecule has 0 aliphatic heterocycles. The highest BCUT2D eigenvalue weighted by atomic mass is 16.3. The molecule has 1 unspecified atom stereocenters. The fraction of sp³-hybridized carbons (Fsp3) is 0.462. The molecule has 0 fully saturated rings. The van der Waals surface area contributed by atoms with Crippen LogP contribution in [0.4, 0.5) is 0 Å². The third-order valence-corrected chi connectivity index (χ3v) is 2.89. The lowest BCUT2D eigenvalue weighted by atomic mass is 10.0. The number of para-hydroxylation sites is 1. The van der Waals surface area contributed by atoms with E-state index in [0.29, 0.717) is 0 Å². The van der Waals surface area contributed by atoms with Crippen LogP contribution in [0.1, 0.15) is 19.5 Å². The van der Waals surface area contributed by atoms with Crippen LogP contribution in [0, 0.1) is 5.92 Å². The molecule has 0 aliphatic rings. The van der Waals surface area contributed by atoms with Gasteiger partial charge >= 0.3 is 0 Å². The van der Waals surface area contributed by atoms with Gasteiger partial charge in [-0.05, 0) is 25.3 Å². The van der Waals surface area contributed by atoms with Crippen molar-refractivity contribution in [3.63, 3.8) is 0 Å². The lowest BCUT2D eigenvalue weighted by Gasteiger charge is -2.04. The molecule has 16 heavy (non-hydrogen) atoms. The molecule has 0 aliphatic carbocycles. The number of aliphatic hydroxyl groups excluding tert-OH is 1. The van der Waals surface area contributed by atoms with Crippen LogP contribution in [0.25, 0.3) is 10.9 Å². The normalized spacial score (nSPS) is 13.2. The average molecular weight is 218 g/mol. The van der Waals surface area contributed by atoms with Crippen LogP contribution in [-0.4, -0.2) is 21.5 Å². The predicted octanol–water partition coefficient (Wildman–Crippen LogP) is 2.23. The highest BCUT2D eigenvalue weighted by molar-refractivity contribution is 5.81. The van der Waals surface area contributed by atoms with E-state index < -0.39 is 0 Å². The molecule has 0 amide bonds. The first-order valence-electron chi connectivity index (χ1n) is 5.81. The molecule has 2 rings (SSSR count). The third-order valence-electron chi connectivity index (χ3n) is 2.89. The standard InChI is InChI=1S/C13H18N2O/c1-3-15-13-7-5-4-6-11(13)12(14-15)8-10(2)9-16/h4-7,10,16H,3,8-9H2,1-2H3. The van der Waals surface area contributed by atoms with Gasteiger partial charge in [-0.3, -0.25) is 4.68 Å². The number of fused-ring (bicyclic) bond motifs is 1. The first-order valence-corrected chi connectivity index (χ1v) is 5.81. The molecule has 1 aromatic carbocycles. The van der Waals surface area contributed by atoms with Crippen molar-refractivity contribution in [2.45, 2.75) is 26.8 Å². The first kappa shape index (κ1) is 11.1. The van der Waals surface area contributed by atoms with E-state index in [1.165, 1.54) is 10.9 Å². The van der Waals surface area contributed by atoms with Crippen molar-refractivity contribution in [1.29, 1.82) is 0 Å². The van der Waals surface area contributed by atoms with Crippen LogP contribution in [0.5, 0.6) is 0 Å². The first-order chi connectivity index (χ1) is 7.76. The number of aliphatic hydroxyl groups is 1. The lowest BCUT2D eigenvalue weighted by molar-refractivity contribution is 0.236. The molecule has 0 spiro atoms. The lowest BCUT2D eigenvalue weighted by Crippen LogP contribution is -2.06. The summed E-state index contributed by atoms with van der Waals surface area (Å²) >= 11 is 0. The molecule has 0 radical (unpaired) electrons. The number of nitrogens with zero attached hydrogens (tertiary/aromatic N) is 2. The zero-order chi connectivity index (χ0) is 11.5. The van der Waals surface area contributed by atoms with Crippen molar-refractivity contribution in [2.75, 3.05) is 6.61 Å². The minimum absolute atomic E-state index is 0.216. The quantitative estimate of drug-likeness (QED) is 0.854. The summed E-state index contributed by atoms with van der Waals surface area (Å²) in [6.45, 7) is 5.24. The number of rotatable bonds is 4. The van der Waals surface area contributed by atoms with Crippen molar-refractivity contribution in [1.82, 2.24) is 9.78 Å². The Labute approximate surface area is 95.7 Å². The maximum atomic E-state index is 9.10. The summed E-state index contributed by atoms with van der Waals surface area (Å²) in [5, 5.41) is 14.9. The summed E-state index contributed by atoms with van der Waals surface area (Å²) < 4.78 is 2.02. The zero-order valence-corrected chi connectivity index (χ0v) is 9.85. The highest BCUT2D eigenvalue weighted by Crippen LogP contribution is 2.20. The maximum absolute atomic E-state index is 9.10. The Balaban J connectivity index is 2.45. The Morgan fingerprint density at radius 1 is 1.38 bits per heavy atom. The number of hydrogen-bond acceptors (Lipinski definition) is 2. The molecule has 3 nitrogen and oxygen atoms in total. The van der Waals surface area contributed by atoms with Crippen LogP contribution in [0.3, 0.4) is 0 Å². The smallest absolute Gasteiger partial charge is 0.0706 e. The molecule has 0 saturated carbocycles. The van der Waals surface area contributed by atoms with Crippen LogP contribution in [-0.2, 0) is 13.0 Å². The molecule has 0 bridgehead atoms. The van der Waals surface area contributed by atoms with E-state index in [1.54, 1.807) is 0 Å². The van der Waals surface area contributed by atoms with E-state index in [4.69, 9.17) is 5.11 Å². The summed E-state index contributed by atoms with van der Waals surface area (Å²) in [5.74, 6) is 0.267. The van der Waals surface area contributed by atoms with Crippen LogP contribution in [0.2, 0.25) is 0 Å². The molecule has 1 aromatic heterocycles. The minimum Gasteiger partial charge on any atom is -0.396 e. The SMILES string of the molecule is CCn1nc(CC(C)CO)c2ccccc21. The Hall–Kier alpha value is -1.35. The molecule has 2 aromatic rings. The van der Waals surface area contributed by atoms with Gasteiger partial charge in [0.2, 0.25) is 0 Å². The monoisotopic (exact) mass is 218 g/mol. The summed E-state index contributed by atoms with van der Waals surface area (Å²) in [4.78, 5) is 0. The second-order valence-electron chi connectivity index (χ2n) is 4.27. The van der Waals surface area contributed by atoms with Gasteiger partial charge < -0.3 is 5.11 Å². The molecular weight excluding hydrogens is 200 g/mol. The second-order valence-corrected chi connectivity index (χ2v) is 4.27. The maximum Gasteiger partial charge on any atom is 0.0706 e. The van der Waals surface area contributed by atoms with E-state index >= 15 is 0 Å². The second kappa shape index (κ2) is 4.66. The van der Waals surface area contributed by atoms with E-state index in [-0.39, 0.29) is 12.5 Å². The van der Waals surface area contributed by atoms with Gasteiger partial charge in [-0.15, -0.1) is 0 Å². The average Bonchev–Trinajstić information content (AvgIpc) is 2.68. The van der Waals surface area contributed by atoms with Crippen LogP contribution in [0.15, 0.2) is 24.3 Å². The minimum atomic E-state index is 0.216. The number of hydrogen-bond donors (Lipinski definition) is 1. The summed E-state index contributed by atoms with van der Waals surface area (Å²) in [5.41, 5.74) is 2.28. The molecule has 1 N–H and O–H groups in total. The van der Waals surface area contributed by atoms with Crippen molar-refractivity contribution in [3.05, 3.63) is 30.0 Å². The van der Waals surface area contributed by atoms with Crippen molar-refractivity contribution in [2.24, 2.45) is 5.92 Å².